The highest BCUT2D eigenvalue weighted by Crippen LogP contribution is 2.26. The van der Waals surface area contributed by atoms with Gasteiger partial charge in [0.2, 0.25) is 10.0 Å². The van der Waals surface area contributed by atoms with Gasteiger partial charge in [0.05, 0.1) is 0 Å². The Labute approximate surface area is 143 Å². The molecule has 1 saturated heterocycles. The van der Waals surface area contributed by atoms with Crippen LogP contribution in [-0.2, 0) is 10.0 Å². The highest BCUT2D eigenvalue weighted by Gasteiger charge is 2.32. The number of likely N-dealkylation sites (tertiary alicyclic amines) is 1. The predicted octanol–water partition coefficient (Wildman–Crippen LogP) is 1.08. The fourth-order valence-electron chi connectivity index (χ4n) is 2.72. The quantitative estimate of drug-likeness (QED) is 0.844. The van der Waals surface area contributed by atoms with Crippen LogP contribution in [0.5, 0.6) is 0 Å². The van der Waals surface area contributed by atoms with Crippen LogP contribution in [0.25, 0.3) is 0 Å². The first-order valence-electron chi connectivity index (χ1n) is 7.27. The molecule has 0 saturated carbocycles. The molecule has 0 aliphatic carbocycles. The average Bonchev–Trinajstić information content (AvgIpc) is 3.05. The molecule has 0 radical (unpaired) electrons. The molecule has 132 valence electrons. The van der Waals surface area contributed by atoms with E-state index in [4.69, 9.17) is 4.42 Å². The molecule has 1 aliphatic heterocycles. The lowest BCUT2D eigenvalue weighted by molar-refractivity contribution is 0.0703. The second-order valence-corrected chi connectivity index (χ2v) is 7.79. The molecule has 1 fully saturated rings. The van der Waals surface area contributed by atoms with Gasteiger partial charge < -0.3 is 14.6 Å². The Morgan fingerprint density at radius 1 is 1.48 bits per heavy atom. The predicted molar refractivity (Wildman–Crippen MR) is 89.6 cm³/mol. The van der Waals surface area contributed by atoms with Crippen molar-refractivity contribution in [3.8, 4) is 0 Å². The molecule has 1 unspecified atom stereocenters. The van der Waals surface area contributed by atoms with Crippen LogP contribution in [0.3, 0.4) is 0 Å². The molecular weight excluding hydrogens is 342 g/mol. The lowest BCUT2D eigenvalue weighted by atomic mass is 10.2. The molecule has 1 aliphatic rings. The van der Waals surface area contributed by atoms with Crippen molar-refractivity contribution in [3.63, 3.8) is 0 Å². The van der Waals surface area contributed by atoms with Crippen LogP contribution < -0.4 is 5.32 Å². The van der Waals surface area contributed by atoms with Gasteiger partial charge in [0.1, 0.15) is 10.7 Å². The Bertz CT molecular complexity index is 657. The topological polar surface area (TPSA) is 82.9 Å². The zero-order valence-corrected chi connectivity index (χ0v) is 15.5. The molecule has 0 bridgehead atoms. The lowest BCUT2D eigenvalue weighted by Crippen LogP contribution is -2.40. The van der Waals surface area contributed by atoms with Crippen LogP contribution >= 0.6 is 12.4 Å². The second-order valence-electron chi connectivity index (χ2n) is 5.67. The zero-order valence-electron chi connectivity index (χ0n) is 13.8. The van der Waals surface area contributed by atoms with Crippen LogP contribution in [0.2, 0.25) is 0 Å². The number of nitrogens with one attached hydrogen (secondary N) is 1. The molecule has 0 aromatic carbocycles. The van der Waals surface area contributed by atoms with E-state index in [1.54, 1.807) is 11.8 Å². The van der Waals surface area contributed by atoms with E-state index in [1.165, 1.54) is 20.2 Å². The Hall–Kier alpha value is -1.09. The molecule has 1 aromatic heterocycles. The number of halogens is 1. The highest BCUT2D eigenvalue weighted by atomic mass is 35.5. The van der Waals surface area contributed by atoms with Gasteiger partial charge in [0.15, 0.2) is 5.76 Å². The van der Waals surface area contributed by atoms with Crippen molar-refractivity contribution in [2.45, 2.75) is 30.7 Å². The smallest absolute Gasteiger partial charge is 0.289 e. The summed E-state index contributed by atoms with van der Waals surface area (Å²) < 4.78 is 31.0. The number of hydrogen-bond acceptors (Lipinski definition) is 5. The van der Waals surface area contributed by atoms with E-state index in [0.717, 1.165) is 17.1 Å². The van der Waals surface area contributed by atoms with Crippen molar-refractivity contribution in [1.82, 2.24) is 14.5 Å². The van der Waals surface area contributed by atoms with Crippen molar-refractivity contribution in [3.05, 3.63) is 17.6 Å². The normalized spacial score (nSPS) is 18.3. The monoisotopic (exact) mass is 365 g/mol. The molecule has 9 heteroatoms. The minimum Gasteiger partial charge on any atom is -0.455 e. The first-order chi connectivity index (χ1) is 10.3. The highest BCUT2D eigenvalue weighted by molar-refractivity contribution is 7.89. The molecule has 0 spiro atoms. The van der Waals surface area contributed by atoms with Gasteiger partial charge in [-0.05, 0) is 26.8 Å². The summed E-state index contributed by atoms with van der Waals surface area (Å²) in [6.45, 7) is 2.94. The molecule has 2 heterocycles. The standard InChI is InChI=1S/C14H23N3O4S.ClH/c1-10-13(22(19,20)16(3)4)8-12(21-10)14(18)17-7-5-6-11(17)9-15-2;/h8,11,15H,5-7,9H2,1-4H3;1H. The number of carbonyl (C=O) groups is 1. The molecule has 1 aromatic rings. The minimum atomic E-state index is -3.61. The van der Waals surface area contributed by atoms with Gasteiger partial charge >= 0.3 is 0 Å². The Morgan fingerprint density at radius 3 is 2.70 bits per heavy atom. The minimum absolute atomic E-state index is 0. The molecule has 1 atom stereocenters. The number of likely N-dealkylation sites (N-methyl/N-ethyl adjacent to an activating group) is 1. The summed E-state index contributed by atoms with van der Waals surface area (Å²) in [7, 11) is 1.14. The van der Waals surface area contributed by atoms with Gasteiger partial charge in [0.25, 0.3) is 5.91 Å². The lowest BCUT2D eigenvalue weighted by Gasteiger charge is -2.23. The van der Waals surface area contributed by atoms with Crippen LogP contribution in [-0.4, -0.2) is 63.8 Å². The summed E-state index contributed by atoms with van der Waals surface area (Å²) in [4.78, 5) is 14.4. The number of aryl methyl sites for hydroxylation is 1. The van der Waals surface area contributed by atoms with Gasteiger partial charge in [0, 0.05) is 39.3 Å². The molecule has 7 nitrogen and oxygen atoms in total. The summed E-state index contributed by atoms with van der Waals surface area (Å²) in [5, 5.41) is 3.07. The number of carbonyl (C=O) groups excluding carboxylic acids is 1. The first-order valence-corrected chi connectivity index (χ1v) is 8.71. The van der Waals surface area contributed by atoms with E-state index in [0.29, 0.717) is 13.1 Å². The van der Waals surface area contributed by atoms with Crippen molar-refractivity contribution >= 4 is 28.3 Å². The van der Waals surface area contributed by atoms with E-state index in [1.807, 2.05) is 7.05 Å². The summed E-state index contributed by atoms with van der Waals surface area (Å²) >= 11 is 0. The SMILES string of the molecule is CNCC1CCCN1C(=O)c1cc(S(=O)(=O)N(C)C)c(C)o1.Cl. The third-order valence-electron chi connectivity index (χ3n) is 3.92. The van der Waals surface area contributed by atoms with E-state index in [2.05, 4.69) is 5.32 Å². The summed E-state index contributed by atoms with van der Waals surface area (Å²) in [6, 6.07) is 1.46. The zero-order chi connectivity index (χ0) is 16.5. The average molecular weight is 366 g/mol. The molecule has 1 N–H and O–H groups in total. The van der Waals surface area contributed by atoms with E-state index in [-0.39, 0.29) is 40.8 Å². The molecule has 23 heavy (non-hydrogen) atoms. The van der Waals surface area contributed by atoms with Gasteiger partial charge in [-0.2, -0.15) is 0 Å². The number of hydrogen-bond donors (Lipinski definition) is 1. The van der Waals surface area contributed by atoms with E-state index in [9.17, 15) is 13.2 Å². The number of rotatable bonds is 5. The van der Waals surface area contributed by atoms with E-state index < -0.39 is 10.0 Å². The Morgan fingerprint density at radius 2 is 2.13 bits per heavy atom. The second kappa shape index (κ2) is 7.65. The number of sulfonamides is 1. The summed E-state index contributed by atoms with van der Waals surface area (Å²) in [5.74, 6) is 0.0726. The van der Waals surface area contributed by atoms with Crippen molar-refractivity contribution in [1.29, 1.82) is 0 Å². The van der Waals surface area contributed by atoms with Gasteiger partial charge in [-0.15, -0.1) is 12.4 Å². The largest absolute Gasteiger partial charge is 0.455 e. The summed E-state index contributed by atoms with van der Waals surface area (Å²) in [5.41, 5.74) is 0. The van der Waals surface area contributed by atoms with E-state index >= 15 is 0 Å². The van der Waals surface area contributed by atoms with Gasteiger partial charge in [-0.1, -0.05) is 0 Å². The fourth-order valence-corrected chi connectivity index (χ4v) is 3.77. The van der Waals surface area contributed by atoms with Crippen LogP contribution in [0.4, 0.5) is 0 Å². The van der Waals surface area contributed by atoms with Gasteiger partial charge in [-0.25, -0.2) is 12.7 Å². The molecule has 1 amide bonds. The molecular formula is C14H24ClN3O4S. The van der Waals surface area contributed by atoms with Crippen molar-refractivity contribution < 1.29 is 17.6 Å². The summed E-state index contributed by atoms with van der Waals surface area (Å²) in [6.07, 6.45) is 1.88. The Kier molecular flexibility index (Phi) is 6.64. The van der Waals surface area contributed by atoms with Crippen molar-refractivity contribution in [2.75, 3.05) is 34.2 Å². The number of amides is 1. The van der Waals surface area contributed by atoms with Crippen molar-refractivity contribution in [2.24, 2.45) is 0 Å². The van der Waals surface area contributed by atoms with Crippen LogP contribution in [0, 0.1) is 6.92 Å². The fraction of sp³-hybridized carbons (Fsp3) is 0.643. The maximum Gasteiger partial charge on any atom is 0.289 e. The maximum absolute atomic E-state index is 12.6. The third kappa shape index (κ3) is 3.88. The maximum atomic E-state index is 12.6. The number of furan rings is 1. The Balaban J connectivity index is 0.00000264. The third-order valence-corrected chi connectivity index (χ3v) is 5.84. The first kappa shape index (κ1) is 20.0. The van der Waals surface area contributed by atoms with Gasteiger partial charge in [-0.3, -0.25) is 4.79 Å². The van der Waals surface area contributed by atoms with Crippen LogP contribution in [0.15, 0.2) is 15.4 Å². The van der Waals surface area contributed by atoms with Crippen LogP contribution in [0.1, 0.15) is 29.2 Å². The molecule has 2 rings (SSSR count). The number of nitrogens with zero attached hydrogens (tertiary/aromatic N) is 2.